The van der Waals surface area contributed by atoms with E-state index < -0.39 is 21.7 Å². The van der Waals surface area contributed by atoms with Gasteiger partial charge in [0, 0.05) is 37.0 Å². The number of sulfonamides is 1. The number of hydrogen-bond acceptors (Lipinski definition) is 7. The van der Waals surface area contributed by atoms with Crippen molar-refractivity contribution in [3.8, 4) is 0 Å². The molecular weight excluding hydrogens is 537 g/mol. The number of amides is 3. The number of imide groups is 1. The van der Waals surface area contributed by atoms with Crippen molar-refractivity contribution in [1.29, 1.82) is 0 Å². The van der Waals surface area contributed by atoms with E-state index in [4.69, 9.17) is 0 Å². The Kier molecular flexibility index (Phi) is 8.73. The van der Waals surface area contributed by atoms with E-state index in [2.05, 4.69) is 5.32 Å². The molecule has 12 heteroatoms. The van der Waals surface area contributed by atoms with Crippen LogP contribution in [0.4, 0.5) is 9.18 Å². The van der Waals surface area contributed by atoms with Crippen LogP contribution in [0.2, 0.25) is 0 Å². The fraction of sp³-hybridized carbons (Fsp3) is 0.320. The summed E-state index contributed by atoms with van der Waals surface area (Å²) in [5.74, 6) is -1.52. The smallest absolute Gasteiger partial charge is 0.293 e. The zero-order chi connectivity index (χ0) is 26.6. The van der Waals surface area contributed by atoms with Gasteiger partial charge in [-0.3, -0.25) is 19.3 Å². The Morgan fingerprint density at radius 1 is 1.11 bits per heavy atom. The van der Waals surface area contributed by atoms with Crippen LogP contribution in [0.25, 0.3) is 6.08 Å². The predicted octanol–water partition coefficient (Wildman–Crippen LogP) is 3.80. The molecule has 2 aromatic carbocycles. The molecule has 0 unspecified atom stereocenters. The van der Waals surface area contributed by atoms with Gasteiger partial charge in [0.1, 0.15) is 5.82 Å². The summed E-state index contributed by atoms with van der Waals surface area (Å²) in [6.07, 6.45) is 4.34. The number of piperidine rings is 1. The molecule has 8 nitrogen and oxygen atoms in total. The Hall–Kier alpha value is -2.67. The average molecular weight is 564 g/mol. The fourth-order valence-corrected chi connectivity index (χ4v) is 6.84. The quantitative estimate of drug-likeness (QED) is 0.385. The molecule has 2 heterocycles. The zero-order valence-corrected chi connectivity index (χ0v) is 22.5. The lowest BCUT2D eigenvalue weighted by Gasteiger charge is -2.30. The molecule has 0 saturated carbocycles. The molecule has 0 bridgehead atoms. The van der Waals surface area contributed by atoms with Crippen LogP contribution in [0.3, 0.4) is 0 Å². The Balaban J connectivity index is 1.25. The minimum atomic E-state index is -3.76. The molecule has 0 radical (unpaired) electrons. The highest BCUT2D eigenvalue weighted by atomic mass is 32.2. The molecule has 2 aromatic rings. The molecule has 2 fully saturated rings. The summed E-state index contributed by atoms with van der Waals surface area (Å²) >= 11 is 2.49. The largest absolute Gasteiger partial charge is 0.354 e. The van der Waals surface area contributed by atoms with Crippen LogP contribution in [-0.2, 0) is 19.6 Å². The Labute approximate surface area is 223 Å². The van der Waals surface area contributed by atoms with Gasteiger partial charge in [0.25, 0.3) is 11.1 Å². The van der Waals surface area contributed by atoms with Gasteiger partial charge in [-0.1, -0.05) is 12.1 Å². The SMILES string of the molecule is CSc1ccc(/C=C2/SC(=O)N(CCNC(=O)C3CCN(S(=O)(=O)c4ccc(F)cc4)CC3)C2=O)cc1. The minimum Gasteiger partial charge on any atom is -0.354 e. The van der Waals surface area contributed by atoms with Gasteiger partial charge in [-0.05, 0) is 78.9 Å². The van der Waals surface area contributed by atoms with Crippen LogP contribution in [0.15, 0.2) is 63.2 Å². The predicted molar refractivity (Wildman–Crippen MR) is 142 cm³/mol. The van der Waals surface area contributed by atoms with Crippen molar-refractivity contribution < 1.29 is 27.2 Å². The molecule has 0 spiro atoms. The van der Waals surface area contributed by atoms with Crippen LogP contribution < -0.4 is 5.32 Å². The third kappa shape index (κ3) is 6.43. The maximum Gasteiger partial charge on any atom is 0.293 e. The van der Waals surface area contributed by atoms with Crippen LogP contribution in [-0.4, -0.2) is 67.1 Å². The maximum absolute atomic E-state index is 13.1. The van der Waals surface area contributed by atoms with Crippen molar-refractivity contribution >= 4 is 56.7 Å². The van der Waals surface area contributed by atoms with Gasteiger partial charge in [-0.15, -0.1) is 11.8 Å². The molecule has 0 aromatic heterocycles. The van der Waals surface area contributed by atoms with E-state index in [1.807, 2.05) is 30.5 Å². The number of halogens is 1. The number of benzene rings is 2. The second kappa shape index (κ2) is 11.8. The normalized spacial score (nSPS) is 18.5. The summed E-state index contributed by atoms with van der Waals surface area (Å²) in [7, 11) is -3.76. The first kappa shape index (κ1) is 27.4. The van der Waals surface area contributed by atoms with Crippen LogP contribution in [0.5, 0.6) is 0 Å². The summed E-state index contributed by atoms with van der Waals surface area (Å²) in [6, 6.07) is 12.3. The van der Waals surface area contributed by atoms with E-state index in [9.17, 15) is 27.2 Å². The van der Waals surface area contributed by atoms with Gasteiger partial charge in [0.15, 0.2) is 0 Å². The second-order valence-electron chi connectivity index (χ2n) is 8.53. The van der Waals surface area contributed by atoms with E-state index in [1.165, 1.54) is 16.4 Å². The zero-order valence-electron chi connectivity index (χ0n) is 20.1. The van der Waals surface area contributed by atoms with Crippen molar-refractivity contribution in [2.24, 2.45) is 5.92 Å². The second-order valence-corrected chi connectivity index (χ2v) is 12.3. The number of nitrogens with one attached hydrogen (secondary N) is 1. The highest BCUT2D eigenvalue weighted by molar-refractivity contribution is 8.18. The number of carbonyl (C=O) groups excluding carboxylic acids is 3. The molecule has 3 amide bonds. The number of carbonyl (C=O) groups is 3. The lowest BCUT2D eigenvalue weighted by Crippen LogP contribution is -2.44. The number of thioether (sulfide) groups is 2. The minimum absolute atomic E-state index is 0.0139. The molecule has 2 aliphatic rings. The summed E-state index contributed by atoms with van der Waals surface area (Å²) in [5.41, 5.74) is 0.824. The molecule has 196 valence electrons. The highest BCUT2D eigenvalue weighted by Gasteiger charge is 2.35. The number of nitrogens with zero attached hydrogens (tertiary/aromatic N) is 2. The van der Waals surface area contributed by atoms with Crippen molar-refractivity contribution in [2.45, 2.75) is 22.6 Å². The van der Waals surface area contributed by atoms with Crippen molar-refractivity contribution in [3.63, 3.8) is 0 Å². The highest BCUT2D eigenvalue weighted by Crippen LogP contribution is 2.32. The first-order valence-electron chi connectivity index (χ1n) is 11.6. The van der Waals surface area contributed by atoms with E-state index >= 15 is 0 Å². The van der Waals surface area contributed by atoms with Crippen LogP contribution >= 0.6 is 23.5 Å². The number of rotatable bonds is 8. The topological polar surface area (TPSA) is 104 Å². The molecule has 0 aliphatic carbocycles. The molecule has 1 N–H and O–H groups in total. The van der Waals surface area contributed by atoms with Crippen molar-refractivity contribution in [1.82, 2.24) is 14.5 Å². The Bertz CT molecular complexity index is 1310. The standard InChI is InChI=1S/C25H26FN3O5S3/c1-35-20-6-2-17(3-7-20)16-22-24(31)29(25(32)36-22)15-12-27-23(30)18-10-13-28(14-11-18)37(33,34)21-8-4-19(26)5-9-21/h2-9,16,18H,10-15H2,1H3,(H,27,30)/b22-16+. The van der Waals surface area contributed by atoms with Gasteiger partial charge in [-0.2, -0.15) is 4.31 Å². The summed E-state index contributed by atoms with van der Waals surface area (Å²) in [4.78, 5) is 40.3. The lowest BCUT2D eigenvalue weighted by molar-refractivity contribution is -0.127. The van der Waals surface area contributed by atoms with Crippen molar-refractivity contribution in [3.05, 3.63) is 64.8 Å². The van der Waals surface area contributed by atoms with Gasteiger partial charge < -0.3 is 5.32 Å². The third-order valence-corrected chi connectivity index (χ3v) is 9.76. The van der Waals surface area contributed by atoms with Gasteiger partial charge >= 0.3 is 0 Å². The summed E-state index contributed by atoms with van der Waals surface area (Å²) < 4.78 is 39.9. The summed E-state index contributed by atoms with van der Waals surface area (Å²) in [5, 5.41) is 2.38. The number of hydrogen-bond donors (Lipinski definition) is 1. The van der Waals surface area contributed by atoms with Crippen LogP contribution in [0, 0.1) is 11.7 Å². The lowest BCUT2D eigenvalue weighted by atomic mass is 9.97. The van der Waals surface area contributed by atoms with Crippen LogP contribution in [0.1, 0.15) is 18.4 Å². The molecule has 0 atom stereocenters. The molecule has 37 heavy (non-hydrogen) atoms. The Morgan fingerprint density at radius 2 is 1.76 bits per heavy atom. The fourth-order valence-electron chi connectivity index (χ4n) is 4.09. The van der Waals surface area contributed by atoms with Crippen molar-refractivity contribution in [2.75, 3.05) is 32.4 Å². The maximum atomic E-state index is 13.1. The van der Waals surface area contributed by atoms with E-state index in [0.717, 1.165) is 39.3 Å². The Morgan fingerprint density at radius 3 is 2.38 bits per heavy atom. The molecule has 4 rings (SSSR count). The van der Waals surface area contributed by atoms with E-state index in [1.54, 1.807) is 17.8 Å². The third-order valence-electron chi connectivity index (χ3n) is 6.20. The molecular formula is C25H26FN3O5S3. The van der Waals surface area contributed by atoms with E-state index in [0.29, 0.717) is 17.7 Å². The molecule has 2 saturated heterocycles. The summed E-state index contributed by atoms with van der Waals surface area (Å²) in [6.45, 7) is 0.505. The first-order chi connectivity index (χ1) is 17.7. The monoisotopic (exact) mass is 563 g/mol. The van der Waals surface area contributed by atoms with E-state index in [-0.39, 0.29) is 48.1 Å². The molecule has 2 aliphatic heterocycles. The average Bonchev–Trinajstić information content (AvgIpc) is 3.16. The first-order valence-corrected chi connectivity index (χ1v) is 15.1. The van der Waals surface area contributed by atoms with Gasteiger partial charge in [-0.25, -0.2) is 12.8 Å². The van der Waals surface area contributed by atoms with Gasteiger partial charge in [0.2, 0.25) is 15.9 Å². The van der Waals surface area contributed by atoms with Gasteiger partial charge in [0.05, 0.1) is 9.80 Å².